The third kappa shape index (κ3) is 4.28. The molecule has 0 aromatic carbocycles. The molecular formula is C16H31N. The van der Waals surface area contributed by atoms with Crippen molar-refractivity contribution in [3.8, 4) is 0 Å². The van der Waals surface area contributed by atoms with E-state index in [0.29, 0.717) is 0 Å². The minimum atomic E-state index is 0.828. The number of unbranched alkanes of at least 4 members (excludes halogenated alkanes) is 1. The Bertz CT molecular complexity index is 202. The fraction of sp³-hybridized carbons (Fsp3) is 1.00. The Hall–Kier alpha value is -0.0400. The Labute approximate surface area is 108 Å². The van der Waals surface area contributed by atoms with Crippen LogP contribution in [0.25, 0.3) is 0 Å². The van der Waals surface area contributed by atoms with Gasteiger partial charge in [0.25, 0.3) is 0 Å². The summed E-state index contributed by atoms with van der Waals surface area (Å²) in [5, 5.41) is 3.60. The standard InChI is InChI=1S/C16H31N/c1-3-4-5-13-8-10-15(11-9-13)16(17-2)12-14-6-7-14/h13-17H,3-12H2,1-2H3. The molecule has 0 aliphatic heterocycles. The minimum absolute atomic E-state index is 0.828. The molecule has 1 heteroatoms. The quantitative estimate of drug-likeness (QED) is 0.693. The Morgan fingerprint density at radius 2 is 1.65 bits per heavy atom. The Morgan fingerprint density at radius 3 is 2.18 bits per heavy atom. The van der Waals surface area contributed by atoms with Crippen LogP contribution >= 0.6 is 0 Å². The average Bonchev–Trinajstić information content (AvgIpc) is 3.18. The van der Waals surface area contributed by atoms with E-state index in [9.17, 15) is 0 Å². The van der Waals surface area contributed by atoms with Gasteiger partial charge in [0.2, 0.25) is 0 Å². The van der Waals surface area contributed by atoms with Gasteiger partial charge in [-0.1, -0.05) is 51.9 Å². The van der Waals surface area contributed by atoms with Crippen molar-refractivity contribution in [2.45, 2.75) is 77.2 Å². The maximum absolute atomic E-state index is 3.60. The van der Waals surface area contributed by atoms with Crippen LogP contribution in [0.15, 0.2) is 0 Å². The van der Waals surface area contributed by atoms with Crippen LogP contribution in [0.5, 0.6) is 0 Å². The van der Waals surface area contributed by atoms with Crippen molar-refractivity contribution in [3.05, 3.63) is 0 Å². The van der Waals surface area contributed by atoms with Crippen LogP contribution < -0.4 is 5.32 Å². The van der Waals surface area contributed by atoms with Gasteiger partial charge >= 0.3 is 0 Å². The lowest BCUT2D eigenvalue weighted by Gasteiger charge is -2.34. The highest BCUT2D eigenvalue weighted by atomic mass is 14.9. The van der Waals surface area contributed by atoms with Crippen LogP contribution in [0.1, 0.15) is 71.1 Å². The monoisotopic (exact) mass is 237 g/mol. The molecule has 2 aliphatic rings. The summed E-state index contributed by atoms with van der Waals surface area (Å²) in [6, 6.07) is 0.828. The van der Waals surface area contributed by atoms with Crippen molar-refractivity contribution >= 4 is 0 Å². The number of nitrogens with one attached hydrogen (secondary N) is 1. The van der Waals surface area contributed by atoms with Gasteiger partial charge in [-0.05, 0) is 44.1 Å². The highest BCUT2D eigenvalue weighted by Gasteiger charge is 2.31. The van der Waals surface area contributed by atoms with Crippen molar-refractivity contribution < 1.29 is 0 Å². The number of rotatable bonds is 7. The SMILES string of the molecule is CCCCC1CCC(C(CC2CC2)NC)CC1. The van der Waals surface area contributed by atoms with Gasteiger partial charge in [-0.15, -0.1) is 0 Å². The summed E-state index contributed by atoms with van der Waals surface area (Å²) in [6.07, 6.45) is 14.8. The van der Waals surface area contributed by atoms with Gasteiger partial charge in [0.15, 0.2) is 0 Å². The minimum Gasteiger partial charge on any atom is -0.317 e. The molecule has 0 amide bonds. The molecule has 1 atom stereocenters. The van der Waals surface area contributed by atoms with Gasteiger partial charge in [-0.25, -0.2) is 0 Å². The smallest absolute Gasteiger partial charge is 0.00949 e. The van der Waals surface area contributed by atoms with E-state index < -0.39 is 0 Å². The first-order valence-electron chi connectivity index (χ1n) is 8.00. The second-order valence-corrected chi connectivity index (χ2v) is 6.50. The summed E-state index contributed by atoms with van der Waals surface area (Å²) >= 11 is 0. The third-order valence-corrected chi connectivity index (χ3v) is 5.08. The molecule has 0 aromatic heterocycles. The normalized spacial score (nSPS) is 31.4. The van der Waals surface area contributed by atoms with E-state index in [-0.39, 0.29) is 0 Å². The molecule has 0 saturated heterocycles. The van der Waals surface area contributed by atoms with Crippen LogP contribution in [0.2, 0.25) is 0 Å². The van der Waals surface area contributed by atoms with E-state index >= 15 is 0 Å². The lowest BCUT2D eigenvalue weighted by Crippen LogP contribution is -2.36. The topological polar surface area (TPSA) is 12.0 Å². The van der Waals surface area contributed by atoms with E-state index in [0.717, 1.165) is 23.8 Å². The second kappa shape index (κ2) is 6.78. The molecule has 17 heavy (non-hydrogen) atoms. The summed E-state index contributed by atoms with van der Waals surface area (Å²) in [5.41, 5.74) is 0. The first-order valence-corrected chi connectivity index (χ1v) is 8.00. The summed E-state index contributed by atoms with van der Waals surface area (Å²) in [7, 11) is 2.18. The number of hydrogen-bond donors (Lipinski definition) is 1. The molecule has 1 N–H and O–H groups in total. The van der Waals surface area contributed by atoms with Crippen LogP contribution in [0.4, 0.5) is 0 Å². The molecule has 2 rings (SSSR count). The van der Waals surface area contributed by atoms with Crippen LogP contribution in [0.3, 0.4) is 0 Å². The molecule has 0 heterocycles. The zero-order valence-electron chi connectivity index (χ0n) is 11.9. The Balaban J connectivity index is 1.68. The molecular weight excluding hydrogens is 206 g/mol. The van der Waals surface area contributed by atoms with E-state index in [1.165, 1.54) is 64.2 Å². The predicted octanol–water partition coefficient (Wildman–Crippen LogP) is 4.37. The average molecular weight is 237 g/mol. The Kier molecular flexibility index (Phi) is 5.34. The van der Waals surface area contributed by atoms with Crippen molar-refractivity contribution in [1.29, 1.82) is 0 Å². The van der Waals surface area contributed by atoms with Crippen molar-refractivity contribution in [1.82, 2.24) is 5.32 Å². The van der Waals surface area contributed by atoms with Crippen LogP contribution in [-0.2, 0) is 0 Å². The molecule has 0 aromatic rings. The second-order valence-electron chi connectivity index (χ2n) is 6.50. The maximum atomic E-state index is 3.60. The molecule has 2 saturated carbocycles. The maximum Gasteiger partial charge on any atom is 0.00949 e. The van der Waals surface area contributed by atoms with Gasteiger partial charge in [0.1, 0.15) is 0 Å². The molecule has 1 nitrogen and oxygen atoms in total. The largest absolute Gasteiger partial charge is 0.317 e. The van der Waals surface area contributed by atoms with Gasteiger partial charge in [-0.2, -0.15) is 0 Å². The van der Waals surface area contributed by atoms with E-state index in [4.69, 9.17) is 0 Å². The first kappa shape index (κ1) is 13.4. The lowest BCUT2D eigenvalue weighted by molar-refractivity contribution is 0.207. The summed E-state index contributed by atoms with van der Waals surface area (Å²) in [4.78, 5) is 0. The molecule has 1 unspecified atom stereocenters. The molecule has 0 radical (unpaired) electrons. The summed E-state index contributed by atoms with van der Waals surface area (Å²) < 4.78 is 0. The predicted molar refractivity (Wildman–Crippen MR) is 75.2 cm³/mol. The van der Waals surface area contributed by atoms with Gasteiger partial charge in [0, 0.05) is 6.04 Å². The molecule has 100 valence electrons. The van der Waals surface area contributed by atoms with Gasteiger partial charge < -0.3 is 5.32 Å². The van der Waals surface area contributed by atoms with Crippen molar-refractivity contribution in [3.63, 3.8) is 0 Å². The molecule has 0 bridgehead atoms. The summed E-state index contributed by atoms with van der Waals surface area (Å²) in [6.45, 7) is 2.32. The lowest BCUT2D eigenvalue weighted by atomic mass is 9.76. The van der Waals surface area contributed by atoms with Gasteiger partial charge in [0.05, 0.1) is 0 Å². The van der Waals surface area contributed by atoms with Crippen molar-refractivity contribution in [2.75, 3.05) is 7.05 Å². The molecule has 2 fully saturated rings. The fourth-order valence-electron chi connectivity index (χ4n) is 3.63. The molecule has 0 spiro atoms. The van der Waals surface area contributed by atoms with Gasteiger partial charge in [-0.3, -0.25) is 0 Å². The van der Waals surface area contributed by atoms with E-state index in [1.807, 2.05) is 0 Å². The van der Waals surface area contributed by atoms with Crippen molar-refractivity contribution in [2.24, 2.45) is 17.8 Å². The zero-order valence-corrected chi connectivity index (χ0v) is 11.9. The highest BCUT2D eigenvalue weighted by Crippen LogP contribution is 2.39. The van der Waals surface area contributed by atoms with Crippen LogP contribution in [0, 0.1) is 17.8 Å². The van der Waals surface area contributed by atoms with Crippen LogP contribution in [-0.4, -0.2) is 13.1 Å². The molecule has 2 aliphatic carbocycles. The summed E-state index contributed by atoms with van der Waals surface area (Å²) in [5.74, 6) is 3.12. The van der Waals surface area contributed by atoms with E-state index in [1.54, 1.807) is 0 Å². The van der Waals surface area contributed by atoms with E-state index in [2.05, 4.69) is 19.3 Å². The number of hydrogen-bond acceptors (Lipinski definition) is 1. The first-order chi connectivity index (χ1) is 8.33. The third-order valence-electron chi connectivity index (χ3n) is 5.08. The fourth-order valence-corrected chi connectivity index (χ4v) is 3.63. The highest BCUT2D eigenvalue weighted by molar-refractivity contribution is 4.86. The Morgan fingerprint density at radius 1 is 1.00 bits per heavy atom. The zero-order chi connectivity index (χ0) is 12.1.